The van der Waals surface area contributed by atoms with E-state index in [1.54, 1.807) is 0 Å². The number of carboxylic acids is 1. The highest BCUT2D eigenvalue weighted by Crippen LogP contribution is 2.37. The summed E-state index contributed by atoms with van der Waals surface area (Å²) in [5.74, 6) is -1.09. The Labute approximate surface area is 139 Å². The number of carbonyl (C=O) groups excluding carboxylic acids is 1. The fraction of sp³-hybridized carbons (Fsp3) is 0.778. The predicted molar refractivity (Wildman–Crippen MR) is 89.9 cm³/mol. The first-order chi connectivity index (χ1) is 10.9. The molecule has 0 aromatic rings. The average molecular weight is 325 g/mol. The third-order valence-corrected chi connectivity index (χ3v) is 4.99. The van der Waals surface area contributed by atoms with Crippen LogP contribution >= 0.6 is 0 Å². The summed E-state index contributed by atoms with van der Waals surface area (Å²) in [4.78, 5) is 23.5. The van der Waals surface area contributed by atoms with Crippen LogP contribution in [0.2, 0.25) is 0 Å². The van der Waals surface area contributed by atoms with E-state index in [2.05, 4.69) is 24.4 Å². The molecule has 0 spiro atoms. The highest BCUT2D eigenvalue weighted by molar-refractivity contribution is 5.83. The van der Waals surface area contributed by atoms with Gasteiger partial charge in [-0.1, -0.05) is 39.3 Å². The number of hydrogen-bond donors (Lipinski definition) is 3. The largest absolute Gasteiger partial charge is 0.480 e. The molecule has 1 rings (SSSR count). The first kappa shape index (κ1) is 19.7. The monoisotopic (exact) mass is 325 g/mol. The van der Waals surface area contributed by atoms with Crippen molar-refractivity contribution in [3.8, 4) is 0 Å². The fourth-order valence-electron chi connectivity index (χ4n) is 3.30. The second-order valence-corrected chi connectivity index (χ2v) is 6.66. The fourth-order valence-corrected chi connectivity index (χ4v) is 3.30. The summed E-state index contributed by atoms with van der Waals surface area (Å²) >= 11 is 0. The van der Waals surface area contributed by atoms with Crippen LogP contribution in [0.1, 0.15) is 59.3 Å². The quantitative estimate of drug-likeness (QED) is 0.569. The standard InChI is InChI=1S/C18H31NO4/c1-4-6-7-8-14-13(9-10-15(14)20)11-16(21)19-17(18(22)23)12(3)5-2/h6-7,12-15,17,20H,4-5,8-11H2,1-3H3,(H,19,21)(H,22,23). The molecule has 23 heavy (non-hydrogen) atoms. The molecule has 0 aliphatic heterocycles. The van der Waals surface area contributed by atoms with E-state index in [0.29, 0.717) is 12.8 Å². The van der Waals surface area contributed by atoms with Crippen molar-refractivity contribution in [3.63, 3.8) is 0 Å². The molecule has 1 saturated carbocycles. The van der Waals surface area contributed by atoms with Crippen molar-refractivity contribution < 1.29 is 19.8 Å². The number of allylic oxidation sites excluding steroid dienone is 2. The molecule has 0 saturated heterocycles. The molecule has 0 radical (unpaired) electrons. The maximum absolute atomic E-state index is 12.2. The molecule has 0 aromatic heterocycles. The number of aliphatic hydroxyl groups excluding tert-OH is 1. The number of hydrogen-bond acceptors (Lipinski definition) is 3. The highest BCUT2D eigenvalue weighted by Gasteiger charge is 2.36. The van der Waals surface area contributed by atoms with Gasteiger partial charge in [0.05, 0.1) is 6.10 Å². The van der Waals surface area contributed by atoms with Gasteiger partial charge in [0.25, 0.3) is 0 Å². The third kappa shape index (κ3) is 5.98. The van der Waals surface area contributed by atoms with Crippen LogP contribution in [0.3, 0.4) is 0 Å². The van der Waals surface area contributed by atoms with Gasteiger partial charge in [-0.15, -0.1) is 0 Å². The predicted octanol–water partition coefficient (Wildman–Crippen LogP) is 2.74. The Morgan fingerprint density at radius 2 is 1.96 bits per heavy atom. The maximum Gasteiger partial charge on any atom is 0.326 e. The summed E-state index contributed by atoms with van der Waals surface area (Å²) in [6, 6.07) is -0.836. The molecule has 1 fully saturated rings. The van der Waals surface area contributed by atoms with Crippen LogP contribution in [0.4, 0.5) is 0 Å². The van der Waals surface area contributed by atoms with E-state index in [1.165, 1.54) is 0 Å². The van der Waals surface area contributed by atoms with Gasteiger partial charge in [0.15, 0.2) is 0 Å². The van der Waals surface area contributed by atoms with E-state index in [4.69, 9.17) is 0 Å². The molecule has 1 aliphatic carbocycles. The SMILES string of the molecule is CCC=CCC1C(O)CCC1CC(=O)NC(C(=O)O)C(C)CC. The summed E-state index contributed by atoms with van der Waals surface area (Å²) < 4.78 is 0. The molecule has 5 heteroatoms. The zero-order chi connectivity index (χ0) is 17.4. The minimum atomic E-state index is -0.985. The second-order valence-electron chi connectivity index (χ2n) is 6.66. The van der Waals surface area contributed by atoms with Gasteiger partial charge in [-0.3, -0.25) is 4.79 Å². The van der Waals surface area contributed by atoms with Crippen LogP contribution in [0.15, 0.2) is 12.2 Å². The molecule has 5 atom stereocenters. The summed E-state index contributed by atoms with van der Waals surface area (Å²) in [5, 5.41) is 22.0. The molecular weight excluding hydrogens is 294 g/mol. The average Bonchev–Trinajstić information content (AvgIpc) is 2.84. The molecular formula is C18H31NO4. The van der Waals surface area contributed by atoms with Gasteiger partial charge in [-0.25, -0.2) is 4.79 Å². The Bertz CT molecular complexity index is 421. The Balaban J connectivity index is 2.60. The lowest BCUT2D eigenvalue weighted by Gasteiger charge is -2.23. The molecule has 3 N–H and O–H groups in total. The first-order valence-corrected chi connectivity index (χ1v) is 8.75. The van der Waals surface area contributed by atoms with E-state index >= 15 is 0 Å². The molecule has 5 unspecified atom stereocenters. The second kappa shape index (κ2) is 9.71. The number of aliphatic carboxylic acids is 1. The Hall–Kier alpha value is -1.36. The lowest BCUT2D eigenvalue weighted by Crippen LogP contribution is -2.45. The number of carbonyl (C=O) groups is 2. The Morgan fingerprint density at radius 3 is 2.52 bits per heavy atom. The van der Waals surface area contributed by atoms with Crippen LogP contribution in [0.5, 0.6) is 0 Å². The lowest BCUT2D eigenvalue weighted by atomic mass is 9.88. The van der Waals surface area contributed by atoms with Gasteiger partial charge >= 0.3 is 5.97 Å². The molecule has 0 bridgehead atoms. The van der Waals surface area contributed by atoms with E-state index < -0.39 is 12.0 Å². The van der Waals surface area contributed by atoms with Gasteiger partial charge in [-0.05, 0) is 43.4 Å². The summed E-state index contributed by atoms with van der Waals surface area (Å²) in [6.07, 6.45) is 8.06. The number of amides is 1. The van der Waals surface area contributed by atoms with Crippen LogP contribution in [-0.2, 0) is 9.59 Å². The van der Waals surface area contributed by atoms with Crippen molar-refractivity contribution in [1.82, 2.24) is 5.32 Å². The van der Waals surface area contributed by atoms with E-state index in [1.807, 2.05) is 13.8 Å². The van der Waals surface area contributed by atoms with Crippen molar-refractivity contribution in [3.05, 3.63) is 12.2 Å². The lowest BCUT2D eigenvalue weighted by molar-refractivity contribution is -0.143. The number of carboxylic acid groups (broad SMARTS) is 1. The van der Waals surface area contributed by atoms with Crippen LogP contribution in [0, 0.1) is 17.8 Å². The minimum Gasteiger partial charge on any atom is -0.480 e. The smallest absolute Gasteiger partial charge is 0.326 e. The van der Waals surface area contributed by atoms with Gasteiger partial charge in [-0.2, -0.15) is 0 Å². The van der Waals surface area contributed by atoms with Crippen molar-refractivity contribution in [1.29, 1.82) is 0 Å². The first-order valence-electron chi connectivity index (χ1n) is 8.75. The number of aliphatic hydroxyl groups is 1. The van der Waals surface area contributed by atoms with Crippen molar-refractivity contribution >= 4 is 11.9 Å². The molecule has 1 amide bonds. The van der Waals surface area contributed by atoms with Crippen LogP contribution in [0.25, 0.3) is 0 Å². The normalized spacial score (nSPS) is 27.0. The van der Waals surface area contributed by atoms with E-state index in [0.717, 1.165) is 25.7 Å². The zero-order valence-electron chi connectivity index (χ0n) is 14.5. The van der Waals surface area contributed by atoms with Gasteiger partial charge in [0, 0.05) is 6.42 Å². The number of nitrogens with one attached hydrogen (secondary N) is 1. The van der Waals surface area contributed by atoms with Gasteiger partial charge in [0.2, 0.25) is 5.91 Å². The summed E-state index contributed by atoms with van der Waals surface area (Å²) in [5.41, 5.74) is 0. The van der Waals surface area contributed by atoms with Gasteiger partial charge in [0.1, 0.15) is 6.04 Å². The van der Waals surface area contributed by atoms with Crippen molar-refractivity contribution in [2.75, 3.05) is 0 Å². The highest BCUT2D eigenvalue weighted by atomic mass is 16.4. The van der Waals surface area contributed by atoms with E-state index in [-0.39, 0.29) is 29.8 Å². The molecule has 0 heterocycles. The maximum atomic E-state index is 12.2. The van der Waals surface area contributed by atoms with Gasteiger partial charge < -0.3 is 15.5 Å². The molecule has 0 aromatic carbocycles. The minimum absolute atomic E-state index is 0.0930. The summed E-state index contributed by atoms with van der Waals surface area (Å²) in [6.45, 7) is 5.81. The topological polar surface area (TPSA) is 86.6 Å². The van der Waals surface area contributed by atoms with Crippen LogP contribution < -0.4 is 5.32 Å². The third-order valence-electron chi connectivity index (χ3n) is 4.99. The molecule has 132 valence electrons. The summed E-state index contributed by atoms with van der Waals surface area (Å²) in [7, 11) is 0. The van der Waals surface area contributed by atoms with E-state index in [9.17, 15) is 19.8 Å². The molecule has 1 aliphatic rings. The zero-order valence-corrected chi connectivity index (χ0v) is 14.5. The Morgan fingerprint density at radius 1 is 1.26 bits per heavy atom. The molecule has 5 nitrogen and oxygen atoms in total. The van der Waals surface area contributed by atoms with Crippen LogP contribution in [-0.4, -0.2) is 34.2 Å². The van der Waals surface area contributed by atoms with Crippen molar-refractivity contribution in [2.24, 2.45) is 17.8 Å². The van der Waals surface area contributed by atoms with Crippen molar-refractivity contribution in [2.45, 2.75) is 71.4 Å². The number of rotatable bonds is 9. The Kier molecular flexibility index (Phi) is 8.31.